The van der Waals surface area contributed by atoms with E-state index in [0.29, 0.717) is 12.8 Å². The van der Waals surface area contributed by atoms with Crippen molar-refractivity contribution < 1.29 is 23.4 Å². The summed E-state index contributed by atoms with van der Waals surface area (Å²) in [5, 5.41) is 12.4. The summed E-state index contributed by atoms with van der Waals surface area (Å²) in [6, 6.07) is 0.340. The Bertz CT molecular complexity index is 605. The topological polar surface area (TPSA) is 61.8 Å². The predicted molar refractivity (Wildman–Crippen MR) is 82.8 cm³/mol. The first-order valence-corrected chi connectivity index (χ1v) is 7.56. The van der Waals surface area contributed by atoms with E-state index in [2.05, 4.69) is 5.32 Å². The monoisotopic (exact) mass is 348 g/mol. The molecule has 8 heteroatoms. The Kier molecular flexibility index (Phi) is 5.44. The lowest BCUT2D eigenvalue weighted by molar-refractivity contribution is -0.0642. The number of halogens is 3. The lowest BCUT2D eigenvalue weighted by Gasteiger charge is -2.37. The highest BCUT2D eigenvalue weighted by Crippen LogP contribution is 2.29. The minimum absolute atomic E-state index is 0.0411. The second kappa shape index (κ2) is 6.98. The van der Waals surface area contributed by atoms with E-state index >= 15 is 0 Å². The maximum Gasteiger partial charge on any atom is 0.322 e. The number of hydrogen-bond donors (Lipinski definition) is 2. The highest BCUT2D eigenvalue weighted by atomic mass is 35.5. The van der Waals surface area contributed by atoms with Gasteiger partial charge in [-0.15, -0.1) is 0 Å². The number of carbonyl (C=O) groups is 1. The molecule has 0 atom stereocenters. The molecule has 1 aliphatic rings. The first-order chi connectivity index (χ1) is 10.8. The Morgan fingerprint density at radius 3 is 2.65 bits per heavy atom. The van der Waals surface area contributed by atoms with Crippen molar-refractivity contribution in [2.45, 2.75) is 25.4 Å². The fraction of sp³-hybridized carbons (Fsp3) is 0.533. The number of nitrogens with one attached hydrogen (secondary N) is 1. The number of hydrogen-bond acceptors (Lipinski definition) is 3. The summed E-state index contributed by atoms with van der Waals surface area (Å²) in [6.45, 7) is 2.11. The fourth-order valence-electron chi connectivity index (χ4n) is 2.53. The molecule has 0 bridgehead atoms. The van der Waals surface area contributed by atoms with Crippen LogP contribution < -0.4 is 5.32 Å². The van der Waals surface area contributed by atoms with Crippen LogP contribution in [0.5, 0.6) is 0 Å². The molecule has 0 saturated carbocycles. The summed E-state index contributed by atoms with van der Waals surface area (Å²) in [4.78, 5) is 13.6. The van der Waals surface area contributed by atoms with Crippen LogP contribution >= 0.6 is 11.6 Å². The molecule has 1 heterocycles. The number of amides is 2. The maximum atomic E-state index is 14.1. The summed E-state index contributed by atoms with van der Waals surface area (Å²) >= 11 is 5.69. The first kappa shape index (κ1) is 17.9. The third-order valence-corrected chi connectivity index (χ3v) is 4.42. The van der Waals surface area contributed by atoms with Crippen molar-refractivity contribution in [3.63, 3.8) is 0 Å². The second-order valence-corrected chi connectivity index (χ2v) is 6.14. The minimum atomic E-state index is -0.973. The van der Waals surface area contributed by atoms with Crippen LogP contribution in [-0.4, -0.2) is 48.4 Å². The van der Waals surface area contributed by atoms with Gasteiger partial charge in [0, 0.05) is 30.8 Å². The van der Waals surface area contributed by atoms with Crippen molar-refractivity contribution in [2.75, 3.05) is 32.1 Å². The number of piperidine rings is 1. The maximum absolute atomic E-state index is 14.1. The Morgan fingerprint density at radius 1 is 1.48 bits per heavy atom. The number of benzene rings is 1. The molecule has 0 spiro atoms. The number of methoxy groups -OCH3 is 1. The van der Waals surface area contributed by atoms with Crippen molar-refractivity contribution >= 4 is 23.3 Å². The van der Waals surface area contributed by atoms with Crippen molar-refractivity contribution in [1.82, 2.24) is 4.90 Å². The zero-order valence-corrected chi connectivity index (χ0v) is 13.7. The van der Waals surface area contributed by atoms with E-state index < -0.39 is 29.0 Å². The van der Waals surface area contributed by atoms with Gasteiger partial charge >= 0.3 is 6.03 Å². The molecule has 0 unspecified atom stereocenters. The Balaban J connectivity index is 2.06. The van der Waals surface area contributed by atoms with Gasteiger partial charge in [-0.1, -0.05) is 11.6 Å². The van der Waals surface area contributed by atoms with E-state index in [0.717, 1.165) is 6.07 Å². The summed E-state index contributed by atoms with van der Waals surface area (Å²) in [6.07, 6.45) is 0.664. The highest BCUT2D eigenvalue weighted by molar-refractivity contribution is 6.31. The molecule has 1 saturated heterocycles. The molecule has 2 amide bonds. The van der Waals surface area contributed by atoms with Gasteiger partial charge in [0.05, 0.1) is 12.2 Å². The number of ether oxygens (including phenoxy) is 1. The van der Waals surface area contributed by atoms with Gasteiger partial charge in [-0.05, 0) is 25.8 Å². The van der Waals surface area contributed by atoms with Crippen LogP contribution in [0.25, 0.3) is 0 Å². The molecule has 2 rings (SSSR count). The van der Waals surface area contributed by atoms with E-state index in [4.69, 9.17) is 16.3 Å². The number of likely N-dealkylation sites (tertiary alicyclic amines) is 1. The fourth-order valence-corrected chi connectivity index (χ4v) is 2.71. The molecule has 0 aliphatic carbocycles. The molecular weight excluding hydrogens is 330 g/mol. The van der Waals surface area contributed by atoms with E-state index in [9.17, 15) is 18.7 Å². The molecule has 2 N–H and O–H groups in total. The van der Waals surface area contributed by atoms with Gasteiger partial charge < -0.3 is 20.1 Å². The van der Waals surface area contributed by atoms with Gasteiger partial charge in [0.2, 0.25) is 0 Å². The van der Waals surface area contributed by atoms with E-state index in [-0.39, 0.29) is 30.3 Å². The molecule has 1 aromatic rings. The summed E-state index contributed by atoms with van der Waals surface area (Å²) < 4.78 is 32.8. The van der Waals surface area contributed by atoms with Gasteiger partial charge in [-0.3, -0.25) is 0 Å². The second-order valence-electron chi connectivity index (χ2n) is 5.73. The van der Waals surface area contributed by atoms with Crippen LogP contribution in [0.2, 0.25) is 5.02 Å². The van der Waals surface area contributed by atoms with Crippen LogP contribution in [0.15, 0.2) is 6.07 Å². The van der Waals surface area contributed by atoms with Crippen LogP contribution in [0.1, 0.15) is 18.4 Å². The third-order valence-electron chi connectivity index (χ3n) is 4.03. The highest BCUT2D eigenvalue weighted by Gasteiger charge is 2.34. The lowest BCUT2D eigenvalue weighted by Crippen LogP contribution is -2.50. The van der Waals surface area contributed by atoms with Crippen molar-refractivity contribution in [1.29, 1.82) is 0 Å². The quantitative estimate of drug-likeness (QED) is 0.883. The molecule has 1 aromatic carbocycles. The number of carbonyl (C=O) groups excluding carboxylic acids is 1. The van der Waals surface area contributed by atoms with Crippen LogP contribution in [-0.2, 0) is 4.74 Å². The first-order valence-electron chi connectivity index (χ1n) is 7.19. The zero-order valence-electron chi connectivity index (χ0n) is 13.0. The summed E-state index contributed by atoms with van der Waals surface area (Å²) in [5.74, 6) is -1.82. The van der Waals surface area contributed by atoms with Gasteiger partial charge in [0.15, 0.2) is 11.6 Å². The molecule has 0 aromatic heterocycles. The molecular formula is C15H19ClF2N2O3. The van der Waals surface area contributed by atoms with Gasteiger partial charge in [-0.2, -0.15) is 0 Å². The van der Waals surface area contributed by atoms with E-state index in [1.165, 1.54) is 18.9 Å². The molecule has 1 fully saturated rings. The van der Waals surface area contributed by atoms with Crippen LogP contribution in [0.4, 0.5) is 19.3 Å². The number of rotatable bonds is 3. The zero-order chi connectivity index (χ0) is 17.2. The normalized spacial score (nSPS) is 17.2. The number of nitrogens with zero attached hydrogens (tertiary/aromatic N) is 1. The van der Waals surface area contributed by atoms with Crippen molar-refractivity contribution in [2.24, 2.45) is 0 Å². The number of aliphatic hydroxyl groups is 1. The average molecular weight is 349 g/mol. The molecule has 0 radical (unpaired) electrons. The van der Waals surface area contributed by atoms with E-state index in [1.807, 2.05) is 0 Å². The Labute approximate surface area is 138 Å². The Morgan fingerprint density at radius 2 is 2.09 bits per heavy atom. The minimum Gasteiger partial charge on any atom is -0.387 e. The van der Waals surface area contributed by atoms with Gasteiger partial charge in [0.25, 0.3) is 0 Å². The van der Waals surface area contributed by atoms with Crippen LogP contribution in [0.3, 0.4) is 0 Å². The number of anilines is 1. The summed E-state index contributed by atoms with van der Waals surface area (Å²) in [5.41, 5.74) is -1.43. The molecule has 128 valence electrons. The third kappa shape index (κ3) is 3.91. The average Bonchev–Trinajstić information content (AvgIpc) is 2.50. The Hall–Kier alpha value is -1.44. The molecule has 5 nitrogen and oxygen atoms in total. The SMILES string of the molecule is COCC1(O)CCN(C(=O)Nc2c(F)cc(Cl)c(C)c2F)CC1. The van der Waals surface area contributed by atoms with Gasteiger partial charge in [0.1, 0.15) is 5.69 Å². The predicted octanol–water partition coefficient (Wildman–Crippen LogP) is 2.93. The number of urea groups is 1. The summed E-state index contributed by atoms with van der Waals surface area (Å²) in [7, 11) is 1.49. The van der Waals surface area contributed by atoms with Crippen molar-refractivity contribution in [3.8, 4) is 0 Å². The molecule has 23 heavy (non-hydrogen) atoms. The van der Waals surface area contributed by atoms with Crippen LogP contribution in [0, 0.1) is 18.6 Å². The van der Waals surface area contributed by atoms with Gasteiger partial charge in [-0.25, -0.2) is 13.6 Å². The lowest BCUT2D eigenvalue weighted by atomic mass is 9.92. The van der Waals surface area contributed by atoms with Crippen molar-refractivity contribution in [3.05, 3.63) is 28.3 Å². The van der Waals surface area contributed by atoms with E-state index in [1.54, 1.807) is 0 Å². The standard InChI is InChI=1S/C15H19ClF2N2O3/c1-9-10(16)7-11(17)13(12(9)18)19-14(21)20-5-3-15(22,4-6-20)8-23-2/h7,22H,3-6,8H2,1-2H3,(H,19,21). The largest absolute Gasteiger partial charge is 0.387 e. The molecule has 1 aliphatic heterocycles. The smallest absolute Gasteiger partial charge is 0.322 e.